The lowest BCUT2D eigenvalue weighted by atomic mass is 10.1. The Morgan fingerprint density at radius 2 is 2.33 bits per heavy atom. The van der Waals surface area contributed by atoms with Crippen LogP contribution in [0.5, 0.6) is 5.75 Å². The number of hydrogen-bond donors (Lipinski definition) is 2. The second-order valence-electron chi connectivity index (χ2n) is 5.18. The lowest BCUT2D eigenvalue weighted by Crippen LogP contribution is -2.32. The van der Waals surface area contributed by atoms with Crippen LogP contribution >= 0.6 is 11.3 Å². The van der Waals surface area contributed by atoms with E-state index in [1.807, 2.05) is 18.8 Å². The first-order valence-corrected chi connectivity index (χ1v) is 7.81. The zero-order valence-corrected chi connectivity index (χ0v) is 13.6. The van der Waals surface area contributed by atoms with E-state index >= 15 is 0 Å². The van der Waals surface area contributed by atoms with E-state index in [9.17, 15) is 0 Å². The molecule has 2 aromatic heterocycles. The van der Waals surface area contributed by atoms with Gasteiger partial charge in [0.05, 0.1) is 31.6 Å². The van der Waals surface area contributed by atoms with Gasteiger partial charge >= 0.3 is 0 Å². The summed E-state index contributed by atoms with van der Waals surface area (Å²) in [7, 11) is 5.75. The molecule has 116 valence electrons. The summed E-state index contributed by atoms with van der Waals surface area (Å²) in [5.41, 5.74) is 5.14. The van der Waals surface area contributed by atoms with Gasteiger partial charge in [0, 0.05) is 6.54 Å². The number of methoxy groups -OCH3 is 1. The summed E-state index contributed by atoms with van der Waals surface area (Å²) in [5, 5.41) is 8.64. The van der Waals surface area contributed by atoms with Crippen molar-refractivity contribution in [1.82, 2.24) is 20.1 Å². The molecule has 7 heteroatoms. The highest BCUT2D eigenvalue weighted by molar-refractivity contribution is 7.07. The topological polar surface area (TPSA) is 68.3 Å². The zero-order chi connectivity index (χ0) is 15.2. The molecule has 0 amide bonds. The third kappa shape index (κ3) is 4.04. The van der Waals surface area contributed by atoms with Gasteiger partial charge in [-0.3, -0.25) is 16.0 Å². The fraction of sp³-hybridized carbons (Fsp3) is 0.500. The Bertz CT molecular complexity index is 538. The van der Waals surface area contributed by atoms with Crippen LogP contribution < -0.4 is 16.0 Å². The summed E-state index contributed by atoms with van der Waals surface area (Å²) in [6.45, 7) is 1.71. The first kappa shape index (κ1) is 16.0. The molecular weight excluding hydrogens is 286 g/mol. The van der Waals surface area contributed by atoms with Crippen molar-refractivity contribution in [2.24, 2.45) is 5.84 Å². The molecule has 0 saturated carbocycles. The summed E-state index contributed by atoms with van der Waals surface area (Å²) in [5.74, 6) is 6.55. The summed E-state index contributed by atoms with van der Waals surface area (Å²) < 4.78 is 7.41. The van der Waals surface area contributed by atoms with Crippen molar-refractivity contribution < 1.29 is 4.74 Å². The van der Waals surface area contributed by atoms with E-state index < -0.39 is 0 Å². The van der Waals surface area contributed by atoms with Crippen molar-refractivity contribution in [1.29, 1.82) is 0 Å². The molecule has 0 aliphatic rings. The highest BCUT2D eigenvalue weighted by Crippen LogP contribution is 2.27. The molecule has 0 fully saturated rings. The number of nitrogens with zero attached hydrogens (tertiary/aromatic N) is 3. The maximum atomic E-state index is 5.78. The van der Waals surface area contributed by atoms with Crippen LogP contribution in [-0.2, 0) is 13.0 Å². The SMILES string of the molecule is COc1cnn(CCN(C)C)c1C(Cc1ccsc1)NN. The molecule has 0 aliphatic carbocycles. The molecular formula is C14H23N5OS. The predicted octanol–water partition coefficient (Wildman–Crippen LogP) is 1.26. The number of likely N-dealkylation sites (N-methyl/N-ethyl adjacent to an activating group) is 1. The minimum absolute atomic E-state index is 0.0285. The maximum Gasteiger partial charge on any atom is 0.161 e. The van der Waals surface area contributed by atoms with Crippen LogP contribution in [0.3, 0.4) is 0 Å². The van der Waals surface area contributed by atoms with Crippen LogP contribution in [0.4, 0.5) is 0 Å². The summed E-state index contributed by atoms with van der Waals surface area (Å²) >= 11 is 1.69. The van der Waals surface area contributed by atoms with Gasteiger partial charge in [0.2, 0.25) is 0 Å². The van der Waals surface area contributed by atoms with Crippen molar-refractivity contribution in [3.63, 3.8) is 0 Å². The third-order valence-corrected chi connectivity index (χ3v) is 4.11. The average molecular weight is 309 g/mol. The van der Waals surface area contributed by atoms with Crippen molar-refractivity contribution in [2.75, 3.05) is 27.7 Å². The number of thiophene rings is 1. The summed E-state index contributed by atoms with van der Waals surface area (Å²) in [4.78, 5) is 2.13. The fourth-order valence-corrected chi connectivity index (χ4v) is 2.92. The van der Waals surface area contributed by atoms with Crippen LogP contribution in [-0.4, -0.2) is 42.4 Å². The average Bonchev–Trinajstić information content (AvgIpc) is 3.11. The number of nitrogens with two attached hydrogens (primary N) is 1. The second kappa shape index (κ2) is 7.56. The summed E-state index contributed by atoms with van der Waals surface area (Å²) in [6, 6.07) is 2.08. The Morgan fingerprint density at radius 3 is 2.90 bits per heavy atom. The van der Waals surface area contributed by atoms with E-state index in [1.165, 1.54) is 5.56 Å². The van der Waals surface area contributed by atoms with Crippen LogP contribution in [0, 0.1) is 0 Å². The van der Waals surface area contributed by atoms with Crippen molar-refractivity contribution in [3.05, 3.63) is 34.3 Å². The van der Waals surface area contributed by atoms with E-state index in [4.69, 9.17) is 10.6 Å². The van der Waals surface area contributed by atoms with E-state index in [0.717, 1.165) is 31.0 Å². The molecule has 0 radical (unpaired) electrons. The van der Waals surface area contributed by atoms with Gasteiger partial charge in [0.15, 0.2) is 5.75 Å². The van der Waals surface area contributed by atoms with Gasteiger partial charge in [-0.1, -0.05) is 0 Å². The fourth-order valence-electron chi connectivity index (χ4n) is 2.24. The Hall–Kier alpha value is -1.41. The number of hydrogen-bond acceptors (Lipinski definition) is 6. The smallest absolute Gasteiger partial charge is 0.161 e. The van der Waals surface area contributed by atoms with Crippen LogP contribution in [0.2, 0.25) is 0 Å². The number of rotatable bonds is 8. The van der Waals surface area contributed by atoms with E-state index in [0.29, 0.717) is 0 Å². The van der Waals surface area contributed by atoms with Crippen molar-refractivity contribution in [2.45, 2.75) is 19.0 Å². The van der Waals surface area contributed by atoms with E-state index in [1.54, 1.807) is 24.6 Å². The lowest BCUT2D eigenvalue weighted by molar-refractivity contribution is 0.354. The molecule has 21 heavy (non-hydrogen) atoms. The lowest BCUT2D eigenvalue weighted by Gasteiger charge is -2.19. The van der Waals surface area contributed by atoms with Gasteiger partial charge in [-0.2, -0.15) is 16.4 Å². The number of aromatic nitrogens is 2. The maximum absolute atomic E-state index is 5.78. The highest BCUT2D eigenvalue weighted by Gasteiger charge is 2.21. The molecule has 0 aliphatic heterocycles. The Morgan fingerprint density at radius 1 is 1.52 bits per heavy atom. The largest absolute Gasteiger partial charge is 0.493 e. The predicted molar refractivity (Wildman–Crippen MR) is 85.4 cm³/mol. The van der Waals surface area contributed by atoms with Crippen LogP contribution in [0.1, 0.15) is 17.3 Å². The molecule has 0 spiro atoms. The van der Waals surface area contributed by atoms with E-state index in [-0.39, 0.29) is 6.04 Å². The van der Waals surface area contributed by atoms with Gasteiger partial charge in [-0.05, 0) is 42.9 Å². The van der Waals surface area contributed by atoms with Gasteiger partial charge in [0.25, 0.3) is 0 Å². The normalized spacial score (nSPS) is 12.8. The number of nitrogens with one attached hydrogen (secondary N) is 1. The van der Waals surface area contributed by atoms with Crippen molar-refractivity contribution in [3.8, 4) is 5.75 Å². The quantitative estimate of drug-likeness (QED) is 0.567. The number of hydrazine groups is 1. The first-order valence-electron chi connectivity index (χ1n) is 6.87. The highest BCUT2D eigenvalue weighted by atomic mass is 32.1. The Kier molecular flexibility index (Phi) is 5.75. The van der Waals surface area contributed by atoms with Gasteiger partial charge < -0.3 is 9.64 Å². The molecule has 2 aromatic rings. The molecule has 0 bridgehead atoms. The molecule has 2 heterocycles. The van der Waals surface area contributed by atoms with E-state index in [2.05, 4.69) is 32.3 Å². The van der Waals surface area contributed by atoms with Crippen molar-refractivity contribution >= 4 is 11.3 Å². The Balaban J connectivity index is 2.23. The van der Waals surface area contributed by atoms with Crippen LogP contribution in [0.15, 0.2) is 23.0 Å². The molecule has 0 aromatic carbocycles. The minimum atomic E-state index is -0.0285. The van der Waals surface area contributed by atoms with Crippen LogP contribution in [0.25, 0.3) is 0 Å². The summed E-state index contributed by atoms with van der Waals surface area (Å²) in [6.07, 6.45) is 2.56. The molecule has 2 rings (SSSR count). The monoisotopic (exact) mass is 309 g/mol. The molecule has 3 N–H and O–H groups in total. The van der Waals surface area contributed by atoms with Gasteiger partial charge in [-0.15, -0.1) is 0 Å². The second-order valence-corrected chi connectivity index (χ2v) is 5.96. The molecule has 6 nitrogen and oxygen atoms in total. The number of ether oxygens (including phenoxy) is 1. The molecule has 1 atom stereocenters. The molecule has 1 unspecified atom stereocenters. The minimum Gasteiger partial charge on any atom is -0.493 e. The standard InChI is InChI=1S/C14H23N5OS/c1-18(2)5-6-19-14(13(20-3)9-16-19)12(17-15)8-11-4-7-21-10-11/h4,7,9-10,12,17H,5-6,8,15H2,1-3H3. The third-order valence-electron chi connectivity index (χ3n) is 3.38. The molecule has 0 saturated heterocycles. The zero-order valence-electron chi connectivity index (χ0n) is 12.7. The van der Waals surface area contributed by atoms with Gasteiger partial charge in [0.1, 0.15) is 0 Å². The van der Waals surface area contributed by atoms with Gasteiger partial charge in [-0.25, -0.2) is 0 Å². The Labute approximate surface area is 129 Å². The first-order chi connectivity index (χ1) is 10.2.